The summed E-state index contributed by atoms with van der Waals surface area (Å²) in [6, 6.07) is 9.33. The highest BCUT2D eigenvalue weighted by atomic mass is 16.7. The van der Waals surface area contributed by atoms with Gasteiger partial charge >= 0.3 is 0 Å². The van der Waals surface area contributed by atoms with E-state index in [-0.39, 0.29) is 6.29 Å². The lowest BCUT2D eigenvalue weighted by Crippen LogP contribution is -2.36. The number of benzene rings is 1. The molecule has 1 N–H and O–H groups in total. The number of nitrogens with one attached hydrogen (secondary N) is 1. The van der Waals surface area contributed by atoms with Gasteiger partial charge in [0.05, 0.1) is 13.2 Å². The van der Waals surface area contributed by atoms with E-state index in [4.69, 9.17) is 9.47 Å². The van der Waals surface area contributed by atoms with Gasteiger partial charge in [-0.15, -0.1) is 0 Å². The number of hydrogen-bond acceptors (Lipinski definition) is 3. The Hall–Kier alpha value is -0.900. The second-order valence-corrected chi connectivity index (χ2v) is 5.89. The molecule has 3 rings (SSSR count). The van der Waals surface area contributed by atoms with Crippen molar-refractivity contribution < 1.29 is 9.47 Å². The molecule has 1 fully saturated rings. The zero-order valence-electron chi connectivity index (χ0n) is 12.3. The van der Waals surface area contributed by atoms with E-state index in [2.05, 4.69) is 36.5 Å². The number of fused-ring (bicyclic) bond motifs is 1. The van der Waals surface area contributed by atoms with Gasteiger partial charge in [0.25, 0.3) is 0 Å². The van der Waals surface area contributed by atoms with Crippen molar-refractivity contribution >= 4 is 0 Å². The van der Waals surface area contributed by atoms with Crippen LogP contribution in [0.3, 0.4) is 0 Å². The molecule has 1 aliphatic heterocycles. The van der Waals surface area contributed by atoms with Gasteiger partial charge in [-0.2, -0.15) is 0 Å². The lowest BCUT2D eigenvalue weighted by Gasteiger charge is -2.34. The van der Waals surface area contributed by atoms with Crippen LogP contribution in [0, 0.1) is 0 Å². The molecule has 1 saturated heterocycles. The maximum Gasteiger partial charge on any atom is 0.159 e. The van der Waals surface area contributed by atoms with Gasteiger partial charge < -0.3 is 14.8 Å². The maximum absolute atomic E-state index is 5.60. The first-order chi connectivity index (χ1) is 9.86. The van der Waals surface area contributed by atoms with E-state index in [1.807, 2.05) is 0 Å². The minimum atomic E-state index is -0.000300. The molecule has 3 heteroatoms. The van der Waals surface area contributed by atoms with Crippen LogP contribution in [0.4, 0.5) is 0 Å². The van der Waals surface area contributed by atoms with E-state index < -0.39 is 0 Å². The molecule has 20 heavy (non-hydrogen) atoms. The standard InChI is InChI=1S/C17H25NO2/c1-2-7-18-15(12-17-19-8-9-20-17)11-14-10-13-5-3-4-6-16(13)14/h3-6,14-15,17-18H,2,7-12H2,1H3. The Morgan fingerprint density at radius 1 is 1.20 bits per heavy atom. The van der Waals surface area contributed by atoms with E-state index >= 15 is 0 Å². The number of rotatable bonds is 7. The zero-order chi connectivity index (χ0) is 13.8. The summed E-state index contributed by atoms with van der Waals surface area (Å²) in [5, 5.41) is 3.67. The minimum Gasteiger partial charge on any atom is -0.350 e. The molecule has 1 aromatic carbocycles. The van der Waals surface area contributed by atoms with Gasteiger partial charge in [0, 0.05) is 12.5 Å². The third kappa shape index (κ3) is 3.22. The Morgan fingerprint density at radius 2 is 2.00 bits per heavy atom. The molecular formula is C17H25NO2. The average molecular weight is 275 g/mol. The second kappa shape index (κ2) is 6.70. The molecule has 0 amide bonds. The van der Waals surface area contributed by atoms with Crippen molar-refractivity contribution in [3.8, 4) is 0 Å². The molecule has 2 unspecified atom stereocenters. The fourth-order valence-electron chi connectivity index (χ4n) is 3.30. The van der Waals surface area contributed by atoms with Crippen LogP contribution >= 0.6 is 0 Å². The molecule has 0 spiro atoms. The van der Waals surface area contributed by atoms with Crippen molar-refractivity contribution in [1.82, 2.24) is 5.32 Å². The molecule has 0 aromatic heterocycles. The third-order valence-corrected chi connectivity index (χ3v) is 4.38. The Morgan fingerprint density at radius 3 is 2.75 bits per heavy atom. The van der Waals surface area contributed by atoms with Gasteiger partial charge in [0.1, 0.15) is 0 Å². The summed E-state index contributed by atoms with van der Waals surface area (Å²) in [4.78, 5) is 0. The highest BCUT2D eigenvalue weighted by molar-refractivity contribution is 5.39. The highest BCUT2D eigenvalue weighted by Gasteiger charge is 2.30. The van der Waals surface area contributed by atoms with Crippen molar-refractivity contribution in [1.29, 1.82) is 0 Å². The number of hydrogen-bond donors (Lipinski definition) is 1. The van der Waals surface area contributed by atoms with E-state index in [9.17, 15) is 0 Å². The predicted molar refractivity (Wildman–Crippen MR) is 79.9 cm³/mol. The van der Waals surface area contributed by atoms with Gasteiger partial charge in [0.15, 0.2) is 6.29 Å². The first-order valence-corrected chi connectivity index (χ1v) is 7.91. The summed E-state index contributed by atoms with van der Waals surface area (Å²) in [5.74, 6) is 0.710. The van der Waals surface area contributed by atoms with Crippen molar-refractivity contribution in [2.45, 2.75) is 50.9 Å². The van der Waals surface area contributed by atoms with Crippen molar-refractivity contribution in [2.75, 3.05) is 19.8 Å². The van der Waals surface area contributed by atoms with E-state index in [1.165, 1.54) is 24.8 Å². The largest absolute Gasteiger partial charge is 0.350 e. The molecule has 0 saturated carbocycles. The summed E-state index contributed by atoms with van der Waals surface area (Å²) >= 11 is 0. The first-order valence-electron chi connectivity index (χ1n) is 7.91. The van der Waals surface area contributed by atoms with Crippen LogP contribution < -0.4 is 5.32 Å². The summed E-state index contributed by atoms with van der Waals surface area (Å²) in [6.45, 7) is 4.78. The van der Waals surface area contributed by atoms with Gasteiger partial charge in [-0.25, -0.2) is 0 Å². The van der Waals surface area contributed by atoms with Crippen LogP contribution in [0.1, 0.15) is 43.2 Å². The van der Waals surface area contributed by atoms with E-state index in [0.29, 0.717) is 12.0 Å². The normalized spacial score (nSPS) is 23.4. The zero-order valence-corrected chi connectivity index (χ0v) is 12.3. The van der Waals surface area contributed by atoms with E-state index in [1.54, 1.807) is 5.56 Å². The Bertz CT molecular complexity index is 429. The van der Waals surface area contributed by atoms with Crippen molar-refractivity contribution in [3.63, 3.8) is 0 Å². The molecule has 1 aliphatic carbocycles. The fraction of sp³-hybridized carbons (Fsp3) is 0.647. The molecule has 1 heterocycles. The van der Waals surface area contributed by atoms with Gasteiger partial charge in [-0.3, -0.25) is 0 Å². The van der Waals surface area contributed by atoms with Crippen LogP contribution in [-0.4, -0.2) is 32.1 Å². The molecule has 2 aliphatic rings. The fourth-order valence-corrected chi connectivity index (χ4v) is 3.30. The molecule has 0 bridgehead atoms. The highest BCUT2D eigenvalue weighted by Crippen LogP contribution is 2.38. The average Bonchev–Trinajstić information content (AvgIpc) is 2.94. The van der Waals surface area contributed by atoms with E-state index in [0.717, 1.165) is 26.2 Å². The predicted octanol–water partition coefficient (Wildman–Crippen LogP) is 2.85. The SMILES string of the molecule is CCCNC(CC1OCCO1)CC1Cc2ccccc21. The molecule has 2 atom stereocenters. The second-order valence-electron chi connectivity index (χ2n) is 5.89. The van der Waals surface area contributed by atoms with Gasteiger partial charge in [-0.05, 0) is 42.9 Å². The first kappa shape index (κ1) is 14.1. The van der Waals surface area contributed by atoms with Gasteiger partial charge in [0.2, 0.25) is 0 Å². The van der Waals surface area contributed by atoms with Crippen LogP contribution in [0.25, 0.3) is 0 Å². The summed E-state index contributed by atoms with van der Waals surface area (Å²) in [5.41, 5.74) is 3.07. The quantitative estimate of drug-likeness (QED) is 0.830. The van der Waals surface area contributed by atoms with Crippen molar-refractivity contribution in [3.05, 3.63) is 35.4 Å². The Labute approximate surface area is 121 Å². The molecule has 3 nitrogen and oxygen atoms in total. The van der Waals surface area contributed by atoms with Gasteiger partial charge in [-0.1, -0.05) is 31.2 Å². The molecule has 110 valence electrons. The summed E-state index contributed by atoms with van der Waals surface area (Å²) in [6.07, 6.45) is 4.57. The monoisotopic (exact) mass is 275 g/mol. The Balaban J connectivity index is 1.56. The van der Waals surface area contributed by atoms with Crippen LogP contribution in [-0.2, 0) is 15.9 Å². The minimum absolute atomic E-state index is 0.000300. The lowest BCUT2D eigenvalue weighted by atomic mass is 9.74. The number of ether oxygens (including phenoxy) is 2. The third-order valence-electron chi connectivity index (χ3n) is 4.38. The van der Waals surface area contributed by atoms with Crippen LogP contribution in [0.15, 0.2) is 24.3 Å². The van der Waals surface area contributed by atoms with Crippen molar-refractivity contribution in [2.24, 2.45) is 0 Å². The molecule has 1 aromatic rings. The topological polar surface area (TPSA) is 30.5 Å². The smallest absolute Gasteiger partial charge is 0.159 e. The molecule has 0 radical (unpaired) electrons. The van der Waals surface area contributed by atoms with Crippen LogP contribution in [0.2, 0.25) is 0 Å². The Kier molecular flexibility index (Phi) is 4.71. The molecular weight excluding hydrogens is 250 g/mol. The maximum atomic E-state index is 5.60. The summed E-state index contributed by atoms with van der Waals surface area (Å²) in [7, 11) is 0. The lowest BCUT2D eigenvalue weighted by molar-refractivity contribution is -0.0536. The van der Waals surface area contributed by atoms with Crippen LogP contribution in [0.5, 0.6) is 0 Å². The summed E-state index contributed by atoms with van der Waals surface area (Å²) < 4.78 is 11.2.